The van der Waals surface area contributed by atoms with Crippen molar-refractivity contribution in [3.63, 3.8) is 0 Å². The third kappa shape index (κ3) is 2.66. The van der Waals surface area contributed by atoms with E-state index in [1.54, 1.807) is 13.2 Å². The van der Waals surface area contributed by atoms with Crippen LogP contribution in [0.1, 0.15) is 17.2 Å². The second-order valence-electron chi connectivity index (χ2n) is 6.32. The Balaban J connectivity index is 1.80. The Morgan fingerprint density at radius 1 is 1.00 bits per heavy atom. The van der Waals surface area contributed by atoms with Crippen molar-refractivity contribution < 1.29 is 22.6 Å². The fraction of sp³-hybridized carbons (Fsp3) is 0.200. The maximum Gasteiger partial charge on any atom is 0.161 e. The van der Waals surface area contributed by atoms with E-state index in [1.165, 1.54) is 0 Å². The van der Waals surface area contributed by atoms with Gasteiger partial charge in [0.1, 0.15) is 23.4 Å². The van der Waals surface area contributed by atoms with Gasteiger partial charge in [0.05, 0.1) is 13.2 Å². The molecule has 3 aromatic carbocycles. The summed E-state index contributed by atoms with van der Waals surface area (Å²) in [5, 5.41) is 1.93. The molecule has 0 aromatic heterocycles. The molecule has 2 N–H and O–H groups in total. The van der Waals surface area contributed by atoms with Crippen LogP contribution in [0.15, 0.2) is 42.5 Å². The van der Waals surface area contributed by atoms with E-state index in [2.05, 4.69) is 0 Å². The van der Waals surface area contributed by atoms with Gasteiger partial charge in [-0.2, -0.15) is 0 Å². The molecule has 0 amide bonds. The maximum atomic E-state index is 14.2. The fourth-order valence-electron chi connectivity index (χ4n) is 3.41. The van der Waals surface area contributed by atoms with Gasteiger partial charge in [0, 0.05) is 17.2 Å². The quantitative estimate of drug-likeness (QED) is 0.695. The van der Waals surface area contributed by atoms with Crippen LogP contribution >= 0.6 is 0 Å². The second-order valence-corrected chi connectivity index (χ2v) is 6.32. The minimum absolute atomic E-state index is 0.0900. The molecule has 1 heterocycles. The summed E-state index contributed by atoms with van der Waals surface area (Å²) in [7, 11) is 1.58. The summed E-state index contributed by atoms with van der Waals surface area (Å²) in [6, 6.07) is 10.1. The summed E-state index contributed by atoms with van der Waals surface area (Å²) in [6.07, 6.45) is -0.496. The first-order valence-corrected chi connectivity index (χ1v) is 8.14. The highest BCUT2D eigenvalue weighted by atomic mass is 19.2. The van der Waals surface area contributed by atoms with Gasteiger partial charge in [0.25, 0.3) is 0 Å². The molecule has 0 fully saturated rings. The Morgan fingerprint density at radius 3 is 2.50 bits per heavy atom. The van der Waals surface area contributed by atoms with E-state index < -0.39 is 29.6 Å². The van der Waals surface area contributed by atoms with Crippen molar-refractivity contribution in [2.24, 2.45) is 5.73 Å². The zero-order valence-electron chi connectivity index (χ0n) is 13.9. The molecule has 0 saturated carbocycles. The first-order valence-electron chi connectivity index (χ1n) is 8.14. The summed E-state index contributed by atoms with van der Waals surface area (Å²) in [4.78, 5) is 0. The predicted molar refractivity (Wildman–Crippen MR) is 91.9 cm³/mol. The Kier molecular flexibility index (Phi) is 4.00. The van der Waals surface area contributed by atoms with E-state index in [9.17, 15) is 13.2 Å². The number of hydrogen-bond donors (Lipinski definition) is 1. The predicted octanol–water partition coefficient (Wildman–Crippen LogP) is 4.27. The van der Waals surface area contributed by atoms with Crippen molar-refractivity contribution in [3.05, 3.63) is 71.0 Å². The Labute approximate surface area is 148 Å². The lowest BCUT2D eigenvalue weighted by Gasteiger charge is -2.32. The minimum Gasteiger partial charge on any atom is -0.497 e. The van der Waals surface area contributed by atoms with Crippen molar-refractivity contribution >= 4 is 10.8 Å². The fourth-order valence-corrected chi connectivity index (χ4v) is 3.41. The van der Waals surface area contributed by atoms with Gasteiger partial charge < -0.3 is 15.2 Å². The van der Waals surface area contributed by atoms with Crippen LogP contribution in [0.25, 0.3) is 10.8 Å². The van der Waals surface area contributed by atoms with E-state index >= 15 is 0 Å². The summed E-state index contributed by atoms with van der Waals surface area (Å²) in [5.74, 6) is -2.01. The average molecular weight is 359 g/mol. The molecule has 0 spiro atoms. The summed E-state index contributed by atoms with van der Waals surface area (Å²) >= 11 is 0. The molecule has 3 nitrogen and oxygen atoms in total. The van der Waals surface area contributed by atoms with Crippen molar-refractivity contribution in [3.8, 4) is 11.5 Å². The number of halogens is 3. The molecular formula is C20H16F3NO2. The molecule has 2 atom stereocenters. The van der Waals surface area contributed by atoms with Gasteiger partial charge >= 0.3 is 0 Å². The van der Waals surface area contributed by atoms with Gasteiger partial charge in [-0.1, -0.05) is 12.1 Å². The van der Waals surface area contributed by atoms with E-state index in [0.717, 1.165) is 22.4 Å². The third-order valence-electron chi connectivity index (χ3n) is 4.73. The lowest BCUT2D eigenvalue weighted by molar-refractivity contribution is 0.149. The summed E-state index contributed by atoms with van der Waals surface area (Å²) < 4.78 is 52.1. The standard InChI is InChI=1S/C20H16F3NO2/c1-25-11-4-2-10-3-5-19-13(12(10)6-11)8-18(24)20(26-19)14-7-16(22)17(23)9-15(14)21/h2-7,9,18,20H,8,24H2,1H3/t18?,20-/m1/s1. The van der Waals surface area contributed by atoms with Gasteiger partial charge in [-0.05, 0) is 41.5 Å². The van der Waals surface area contributed by atoms with Crippen LogP contribution in [0.3, 0.4) is 0 Å². The number of hydrogen-bond acceptors (Lipinski definition) is 3. The highest BCUT2D eigenvalue weighted by molar-refractivity contribution is 5.89. The zero-order valence-corrected chi connectivity index (χ0v) is 13.9. The van der Waals surface area contributed by atoms with E-state index in [4.69, 9.17) is 15.2 Å². The van der Waals surface area contributed by atoms with Crippen molar-refractivity contribution in [1.82, 2.24) is 0 Å². The van der Waals surface area contributed by atoms with Crippen molar-refractivity contribution in [1.29, 1.82) is 0 Å². The normalized spacial score (nSPS) is 19.1. The molecule has 0 aliphatic carbocycles. The molecule has 134 valence electrons. The lowest BCUT2D eigenvalue weighted by Crippen LogP contribution is -2.38. The topological polar surface area (TPSA) is 44.5 Å². The van der Waals surface area contributed by atoms with Crippen LogP contribution in [-0.4, -0.2) is 13.2 Å². The molecule has 1 aliphatic rings. The van der Waals surface area contributed by atoms with E-state index in [-0.39, 0.29) is 5.56 Å². The monoisotopic (exact) mass is 359 g/mol. The number of benzene rings is 3. The van der Waals surface area contributed by atoms with Crippen LogP contribution in [0.4, 0.5) is 13.2 Å². The summed E-state index contributed by atoms with van der Waals surface area (Å²) in [6.45, 7) is 0. The molecule has 6 heteroatoms. The third-order valence-corrected chi connectivity index (χ3v) is 4.73. The molecule has 4 rings (SSSR count). The number of fused-ring (bicyclic) bond motifs is 3. The molecule has 1 unspecified atom stereocenters. The smallest absolute Gasteiger partial charge is 0.161 e. The highest BCUT2D eigenvalue weighted by Crippen LogP contribution is 2.40. The van der Waals surface area contributed by atoms with Gasteiger partial charge in [-0.25, -0.2) is 13.2 Å². The number of methoxy groups -OCH3 is 1. The van der Waals surface area contributed by atoms with Crippen LogP contribution in [0, 0.1) is 17.5 Å². The first-order chi connectivity index (χ1) is 12.5. The minimum atomic E-state index is -1.24. The van der Waals surface area contributed by atoms with Crippen molar-refractivity contribution in [2.45, 2.75) is 18.6 Å². The largest absolute Gasteiger partial charge is 0.497 e. The van der Waals surface area contributed by atoms with Crippen LogP contribution in [0.5, 0.6) is 11.5 Å². The zero-order chi connectivity index (χ0) is 18.4. The van der Waals surface area contributed by atoms with Gasteiger partial charge in [0.15, 0.2) is 11.6 Å². The highest BCUT2D eigenvalue weighted by Gasteiger charge is 2.32. The molecule has 0 saturated heterocycles. The number of nitrogens with two attached hydrogens (primary N) is 1. The Bertz CT molecular complexity index is 1010. The Hall–Kier alpha value is -2.73. The van der Waals surface area contributed by atoms with Crippen LogP contribution in [0.2, 0.25) is 0 Å². The maximum absolute atomic E-state index is 14.2. The van der Waals surface area contributed by atoms with Gasteiger partial charge in [-0.3, -0.25) is 0 Å². The molecule has 0 bridgehead atoms. The Morgan fingerprint density at radius 2 is 1.73 bits per heavy atom. The lowest BCUT2D eigenvalue weighted by atomic mass is 9.90. The summed E-state index contributed by atoms with van der Waals surface area (Å²) in [5.41, 5.74) is 7.00. The van der Waals surface area contributed by atoms with Crippen LogP contribution in [-0.2, 0) is 6.42 Å². The average Bonchev–Trinajstić information content (AvgIpc) is 2.64. The number of rotatable bonds is 2. The van der Waals surface area contributed by atoms with Crippen LogP contribution < -0.4 is 15.2 Å². The van der Waals surface area contributed by atoms with E-state index in [0.29, 0.717) is 24.0 Å². The van der Waals surface area contributed by atoms with Gasteiger partial charge in [-0.15, -0.1) is 0 Å². The van der Waals surface area contributed by atoms with E-state index in [1.807, 2.05) is 24.3 Å². The molecule has 1 aliphatic heterocycles. The molecule has 26 heavy (non-hydrogen) atoms. The second kappa shape index (κ2) is 6.21. The van der Waals surface area contributed by atoms with Crippen molar-refractivity contribution in [2.75, 3.05) is 7.11 Å². The first kappa shape index (κ1) is 16.7. The molecule has 0 radical (unpaired) electrons. The SMILES string of the molecule is COc1ccc2ccc3c(c2c1)CC(N)[C@@H](c1cc(F)c(F)cc1F)O3. The van der Waals surface area contributed by atoms with Gasteiger partial charge in [0.2, 0.25) is 0 Å². The molecule has 3 aromatic rings. The number of ether oxygens (including phenoxy) is 2. The molecular weight excluding hydrogens is 343 g/mol.